The van der Waals surface area contributed by atoms with Gasteiger partial charge in [-0.1, -0.05) is 0 Å². The number of aromatic nitrogens is 2. The smallest absolute Gasteiger partial charge is 0.0955 e. The topological polar surface area (TPSA) is 29.9 Å². The average molecular weight is 189 g/mol. The molecule has 0 atom stereocenters. The van der Waals surface area contributed by atoms with Crippen molar-refractivity contribution in [2.24, 2.45) is 7.05 Å². The van der Waals surface area contributed by atoms with Crippen molar-refractivity contribution in [2.45, 2.75) is 19.9 Å². The molecule has 1 N–H and O–H groups in total. The molecule has 0 fully saturated rings. The number of aryl methyl sites for hydroxylation is 1. The van der Waals surface area contributed by atoms with Gasteiger partial charge in [-0.05, 0) is 32.0 Å². The number of imidazole rings is 1. The quantitative estimate of drug-likeness (QED) is 0.786. The zero-order valence-electron chi connectivity index (χ0n) is 8.78. The van der Waals surface area contributed by atoms with Crippen LogP contribution in [0.5, 0.6) is 0 Å². The molecular formula is C11H15N3. The van der Waals surface area contributed by atoms with Crippen molar-refractivity contribution in [3.05, 3.63) is 24.5 Å². The third-order valence-corrected chi connectivity index (χ3v) is 2.18. The van der Waals surface area contributed by atoms with Crippen LogP contribution in [0.25, 0.3) is 11.0 Å². The first-order chi connectivity index (χ1) is 6.66. The molecule has 3 heteroatoms. The molecule has 1 aromatic heterocycles. The highest BCUT2D eigenvalue weighted by Crippen LogP contribution is 2.17. The van der Waals surface area contributed by atoms with E-state index in [9.17, 15) is 0 Å². The van der Waals surface area contributed by atoms with E-state index in [1.807, 2.05) is 17.9 Å². The van der Waals surface area contributed by atoms with Gasteiger partial charge in [-0.15, -0.1) is 0 Å². The molecule has 0 saturated carbocycles. The number of rotatable bonds is 2. The van der Waals surface area contributed by atoms with E-state index >= 15 is 0 Å². The number of hydrogen-bond acceptors (Lipinski definition) is 2. The Morgan fingerprint density at radius 2 is 2.14 bits per heavy atom. The average Bonchev–Trinajstić information content (AvgIpc) is 2.46. The van der Waals surface area contributed by atoms with Gasteiger partial charge < -0.3 is 9.88 Å². The van der Waals surface area contributed by atoms with Crippen LogP contribution in [0.15, 0.2) is 24.5 Å². The van der Waals surface area contributed by atoms with Crippen molar-refractivity contribution in [1.29, 1.82) is 0 Å². The predicted octanol–water partition coefficient (Wildman–Crippen LogP) is 2.39. The molecule has 0 aliphatic rings. The first-order valence-electron chi connectivity index (χ1n) is 4.84. The van der Waals surface area contributed by atoms with E-state index < -0.39 is 0 Å². The summed E-state index contributed by atoms with van der Waals surface area (Å²) in [6.07, 6.45) is 1.84. The maximum atomic E-state index is 4.31. The lowest BCUT2D eigenvalue weighted by molar-refractivity contribution is 0.900. The molecule has 1 heterocycles. The Labute approximate surface area is 83.8 Å². The van der Waals surface area contributed by atoms with Crippen molar-refractivity contribution in [3.8, 4) is 0 Å². The first-order valence-corrected chi connectivity index (χ1v) is 4.84. The predicted molar refractivity (Wildman–Crippen MR) is 59.5 cm³/mol. The van der Waals surface area contributed by atoms with E-state index in [1.54, 1.807) is 0 Å². The highest BCUT2D eigenvalue weighted by atomic mass is 15.0. The van der Waals surface area contributed by atoms with Crippen LogP contribution in [0.2, 0.25) is 0 Å². The zero-order valence-corrected chi connectivity index (χ0v) is 8.78. The van der Waals surface area contributed by atoms with Crippen molar-refractivity contribution in [2.75, 3.05) is 5.32 Å². The van der Waals surface area contributed by atoms with Gasteiger partial charge in [0.25, 0.3) is 0 Å². The highest BCUT2D eigenvalue weighted by Gasteiger charge is 2.01. The fourth-order valence-corrected chi connectivity index (χ4v) is 1.56. The molecule has 2 rings (SSSR count). The maximum Gasteiger partial charge on any atom is 0.0955 e. The van der Waals surface area contributed by atoms with Gasteiger partial charge in [0, 0.05) is 18.8 Å². The molecule has 0 saturated heterocycles. The molecule has 3 nitrogen and oxygen atoms in total. The number of benzene rings is 1. The fraction of sp³-hybridized carbons (Fsp3) is 0.364. The Kier molecular flexibility index (Phi) is 2.15. The lowest BCUT2D eigenvalue weighted by Crippen LogP contribution is -2.09. The second kappa shape index (κ2) is 3.33. The summed E-state index contributed by atoms with van der Waals surface area (Å²) in [6.45, 7) is 4.26. The van der Waals surface area contributed by atoms with E-state index in [0.29, 0.717) is 6.04 Å². The molecule has 14 heavy (non-hydrogen) atoms. The van der Waals surface area contributed by atoms with Crippen LogP contribution in [-0.2, 0) is 7.05 Å². The van der Waals surface area contributed by atoms with Crippen LogP contribution in [0, 0.1) is 0 Å². The number of anilines is 1. The first kappa shape index (κ1) is 9.06. The van der Waals surface area contributed by atoms with E-state index in [4.69, 9.17) is 0 Å². The van der Waals surface area contributed by atoms with E-state index in [0.717, 1.165) is 11.2 Å². The van der Waals surface area contributed by atoms with Crippen LogP contribution in [0.3, 0.4) is 0 Å². The van der Waals surface area contributed by atoms with Gasteiger partial charge in [0.1, 0.15) is 0 Å². The van der Waals surface area contributed by atoms with Crippen LogP contribution < -0.4 is 5.32 Å². The summed E-state index contributed by atoms with van der Waals surface area (Å²) in [7, 11) is 2.00. The lowest BCUT2D eigenvalue weighted by atomic mass is 10.2. The van der Waals surface area contributed by atoms with Gasteiger partial charge >= 0.3 is 0 Å². The molecule has 0 spiro atoms. The SMILES string of the molecule is CC(C)Nc1ccc2c(c1)ncn2C. The largest absolute Gasteiger partial charge is 0.383 e. The molecule has 0 bridgehead atoms. The fourth-order valence-electron chi connectivity index (χ4n) is 1.56. The maximum absolute atomic E-state index is 4.31. The van der Waals surface area contributed by atoms with Crippen LogP contribution in [-0.4, -0.2) is 15.6 Å². The lowest BCUT2D eigenvalue weighted by Gasteiger charge is -2.09. The van der Waals surface area contributed by atoms with Gasteiger partial charge in [0.2, 0.25) is 0 Å². The minimum Gasteiger partial charge on any atom is -0.383 e. The van der Waals surface area contributed by atoms with Gasteiger partial charge in [-0.25, -0.2) is 4.98 Å². The minimum absolute atomic E-state index is 0.455. The van der Waals surface area contributed by atoms with Gasteiger partial charge in [-0.3, -0.25) is 0 Å². The normalized spacial score (nSPS) is 11.1. The summed E-state index contributed by atoms with van der Waals surface area (Å²) in [5, 5.41) is 3.36. The van der Waals surface area contributed by atoms with Crippen molar-refractivity contribution in [3.63, 3.8) is 0 Å². The van der Waals surface area contributed by atoms with Crippen LogP contribution in [0.1, 0.15) is 13.8 Å². The Morgan fingerprint density at radius 1 is 1.36 bits per heavy atom. The molecule has 74 valence electrons. The van der Waals surface area contributed by atoms with Crippen molar-refractivity contribution >= 4 is 16.7 Å². The molecule has 0 amide bonds. The second-order valence-corrected chi connectivity index (χ2v) is 3.86. The monoisotopic (exact) mass is 189 g/mol. The number of hydrogen-bond donors (Lipinski definition) is 1. The summed E-state index contributed by atoms with van der Waals surface area (Å²) >= 11 is 0. The molecule has 0 unspecified atom stereocenters. The van der Waals surface area contributed by atoms with E-state index in [1.165, 1.54) is 5.52 Å². The molecule has 1 aromatic carbocycles. The zero-order chi connectivity index (χ0) is 10.1. The summed E-state index contributed by atoms with van der Waals surface area (Å²) in [5.41, 5.74) is 3.34. The van der Waals surface area contributed by atoms with E-state index in [2.05, 4.69) is 42.3 Å². The second-order valence-electron chi connectivity index (χ2n) is 3.86. The molecule has 0 aliphatic heterocycles. The molecule has 0 radical (unpaired) electrons. The summed E-state index contributed by atoms with van der Waals surface area (Å²) in [5.74, 6) is 0. The van der Waals surface area contributed by atoms with Crippen LogP contribution >= 0.6 is 0 Å². The number of fused-ring (bicyclic) bond motifs is 1. The van der Waals surface area contributed by atoms with E-state index in [-0.39, 0.29) is 0 Å². The summed E-state index contributed by atoms with van der Waals surface area (Å²) in [4.78, 5) is 4.31. The van der Waals surface area contributed by atoms with Crippen molar-refractivity contribution < 1.29 is 0 Å². The third kappa shape index (κ3) is 1.58. The molecule has 0 aliphatic carbocycles. The Bertz CT molecular complexity index is 443. The summed E-state index contributed by atoms with van der Waals surface area (Å²) in [6, 6.07) is 6.71. The molecule has 2 aromatic rings. The van der Waals surface area contributed by atoms with Crippen molar-refractivity contribution in [1.82, 2.24) is 9.55 Å². The highest BCUT2D eigenvalue weighted by molar-refractivity contribution is 5.79. The Morgan fingerprint density at radius 3 is 2.86 bits per heavy atom. The van der Waals surface area contributed by atoms with Crippen LogP contribution in [0.4, 0.5) is 5.69 Å². The van der Waals surface area contributed by atoms with Gasteiger partial charge in [0.05, 0.1) is 17.4 Å². The Balaban J connectivity index is 2.42. The third-order valence-electron chi connectivity index (χ3n) is 2.18. The number of nitrogens with one attached hydrogen (secondary N) is 1. The standard InChI is InChI=1S/C11H15N3/c1-8(2)13-9-4-5-11-10(6-9)12-7-14(11)3/h4-8,13H,1-3H3. The number of nitrogens with zero attached hydrogens (tertiary/aromatic N) is 2. The van der Waals surface area contributed by atoms with Gasteiger partial charge in [-0.2, -0.15) is 0 Å². The Hall–Kier alpha value is -1.51. The molecular weight excluding hydrogens is 174 g/mol. The van der Waals surface area contributed by atoms with Gasteiger partial charge in [0.15, 0.2) is 0 Å². The minimum atomic E-state index is 0.455. The summed E-state index contributed by atoms with van der Waals surface area (Å²) < 4.78 is 2.02.